The molecule has 1 saturated heterocycles. The van der Waals surface area contributed by atoms with E-state index >= 15 is 0 Å². The van der Waals surface area contributed by atoms with Crippen molar-refractivity contribution >= 4 is 11.6 Å². The Morgan fingerprint density at radius 3 is 2.63 bits per heavy atom. The van der Waals surface area contributed by atoms with Gasteiger partial charge < -0.3 is 20.3 Å². The molecule has 7 heteroatoms. The molecule has 1 fully saturated rings. The third-order valence-electron chi connectivity index (χ3n) is 5.65. The largest absolute Gasteiger partial charge is 0.378 e. The molecule has 1 aliphatic rings. The van der Waals surface area contributed by atoms with Gasteiger partial charge in [-0.1, -0.05) is 18.2 Å². The normalized spacial score (nSPS) is 15.9. The number of aryl methyl sites for hydroxylation is 2. The number of nitrogens with zero attached hydrogens (tertiary/aromatic N) is 4. The Morgan fingerprint density at radius 2 is 1.97 bits per heavy atom. The molecule has 7 nitrogen and oxygen atoms in total. The van der Waals surface area contributed by atoms with Crippen LogP contribution in [-0.2, 0) is 24.8 Å². The molecule has 0 amide bonds. The van der Waals surface area contributed by atoms with Crippen molar-refractivity contribution in [3.05, 3.63) is 46.8 Å². The summed E-state index contributed by atoms with van der Waals surface area (Å²) < 4.78 is 7.46. The lowest BCUT2D eigenvalue weighted by molar-refractivity contribution is 0.122. The number of benzene rings is 1. The van der Waals surface area contributed by atoms with Gasteiger partial charge in [0.25, 0.3) is 0 Å². The van der Waals surface area contributed by atoms with E-state index in [4.69, 9.17) is 9.73 Å². The second-order valence-electron chi connectivity index (χ2n) is 7.95. The number of hydrogen-bond acceptors (Lipinski definition) is 4. The minimum Gasteiger partial charge on any atom is -0.378 e. The Bertz CT molecular complexity index is 853. The van der Waals surface area contributed by atoms with Crippen molar-refractivity contribution in [3.63, 3.8) is 0 Å². The molecule has 0 bridgehead atoms. The smallest absolute Gasteiger partial charge is 0.191 e. The first-order valence-electron chi connectivity index (χ1n) is 10.9. The summed E-state index contributed by atoms with van der Waals surface area (Å²) >= 11 is 0. The highest BCUT2D eigenvalue weighted by molar-refractivity contribution is 5.80. The van der Waals surface area contributed by atoms with Crippen LogP contribution in [0.25, 0.3) is 0 Å². The quantitative estimate of drug-likeness (QED) is 0.540. The molecule has 0 spiro atoms. The van der Waals surface area contributed by atoms with Crippen molar-refractivity contribution in [2.45, 2.75) is 46.7 Å². The van der Waals surface area contributed by atoms with Crippen molar-refractivity contribution in [3.8, 4) is 0 Å². The monoisotopic (exact) mass is 412 g/mol. The molecule has 3 rings (SSSR count). The molecule has 1 unspecified atom stereocenters. The lowest BCUT2D eigenvalue weighted by atomic mass is 10.1. The number of rotatable bonds is 7. The summed E-state index contributed by atoms with van der Waals surface area (Å²) in [6, 6.07) is 8.80. The van der Waals surface area contributed by atoms with Gasteiger partial charge >= 0.3 is 0 Å². The third-order valence-corrected chi connectivity index (χ3v) is 5.65. The van der Waals surface area contributed by atoms with Gasteiger partial charge in [0.15, 0.2) is 5.96 Å². The summed E-state index contributed by atoms with van der Waals surface area (Å²) in [5.74, 6) is 0.848. The van der Waals surface area contributed by atoms with E-state index in [9.17, 15) is 0 Å². The van der Waals surface area contributed by atoms with Crippen molar-refractivity contribution in [2.24, 2.45) is 12.0 Å². The van der Waals surface area contributed by atoms with Gasteiger partial charge in [-0.3, -0.25) is 4.68 Å². The maximum Gasteiger partial charge on any atom is 0.191 e. The van der Waals surface area contributed by atoms with E-state index < -0.39 is 0 Å². The molecule has 2 aromatic rings. The van der Waals surface area contributed by atoms with Crippen LogP contribution < -0.4 is 15.5 Å². The van der Waals surface area contributed by atoms with Crippen LogP contribution >= 0.6 is 0 Å². The first-order chi connectivity index (χ1) is 14.5. The summed E-state index contributed by atoms with van der Waals surface area (Å²) in [5.41, 5.74) is 6.14. The molecule has 1 aliphatic heterocycles. The fourth-order valence-electron chi connectivity index (χ4n) is 3.95. The number of anilines is 1. The van der Waals surface area contributed by atoms with Crippen LogP contribution in [0.4, 0.5) is 5.69 Å². The molecule has 164 valence electrons. The average Bonchev–Trinajstić information content (AvgIpc) is 2.99. The number of guanidine groups is 1. The van der Waals surface area contributed by atoms with E-state index in [0.29, 0.717) is 6.54 Å². The number of para-hydroxylation sites is 1. The van der Waals surface area contributed by atoms with Gasteiger partial charge in [0, 0.05) is 44.1 Å². The van der Waals surface area contributed by atoms with Crippen LogP contribution in [0.2, 0.25) is 0 Å². The molecule has 1 aromatic heterocycles. The van der Waals surface area contributed by atoms with Gasteiger partial charge in [-0.25, -0.2) is 4.99 Å². The lowest BCUT2D eigenvalue weighted by Gasteiger charge is -2.30. The van der Waals surface area contributed by atoms with Gasteiger partial charge in [0.2, 0.25) is 0 Å². The van der Waals surface area contributed by atoms with Crippen molar-refractivity contribution in [2.75, 3.05) is 37.7 Å². The molecule has 0 radical (unpaired) electrons. The van der Waals surface area contributed by atoms with E-state index in [2.05, 4.69) is 72.6 Å². The molecular formula is C23H36N6O. The third kappa shape index (κ3) is 5.53. The summed E-state index contributed by atoms with van der Waals surface area (Å²) in [6.45, 7) is 13.4. The van der Waals surface area contributed by atoms with Crippen LogP contribution in [0, 0.1) is 13.8 Å². The van der Waals surface area contributed by atoms with Crippen molar-refractivity contribution < 1.29 is 4.74 Å². The van der Waals surface area contributed by atoms with Crippen molar-refractivity contribution in [1.82, 2.24) is 20.4 Å². The minimum atomic E-state index is 0.249. The molecule has 2 N–H and O–H groups in total. The Morgan fingerprint density at radius 1 is 1.23 bits per heavy atom. The highest BCUT2D eigenvalue weighted by Crippen LogP contribution is 2.22. The minimum absolute atomic E-state index is 0.249. The van der Waals surface area contributed by atoms with Gasteiger partial charge in [-0.05, 0) is 51.3 Å². The summed E-state index contributed by atoms with van der Waals surface area (Å²) in [7, 11) is 2.00. The van der Waals surface area contributed by atoms with Gasteiger partial charge in [0.05, 0.1) is 25.5 Å². The summed E-state index contributed by atoms with van der Waals surface area (Å²) in [6.07, 6.45) is 0.917. The Balaban J connectivity index is 1.69. The number of aliphatic imine (C=N–C) groups is 1. The number of ether oxygens (including phenoxy) is 1. The maximum absolute atomic E-state index is 5.51. The lowest BCUT2D eigenvalue weighted by Crippen LogP contribution is -2.43. The Kier molecular flexibility index (Phi) is 7.74. The van der Waals surface area contributed by atoms with Crippen LogP contribution in [0.15, 0.2) is 29.3 Å². The number of hydrogen-bond donors (Lipinski definition) is 2. The van der Waals surface area contributed by atoms with E-state index in [0.717, 1.165) is 50.9 Å². The summed E-state index contributed by atoms with van der Waals surface area (Å²) in [5, 5.41) is 11.5. The zero-order valence-corrected chi connectivity index (χ0v) is 19.0. The molecular weight excluding hydrogens is 376 g/mol. The zero-order chi connectivity index (χ0) is 21.5. The fourth-order valence-corrected chi connectivity index (χ4v) is 3.95. The molecule has 1 atom stereocenters. The predicted octanol–water partition coefficient (Wildman–Crippen LogP) is 2.56. The predicted molar refractivity (Wildman–Crippen MR) is 123 cm³/mol. The Hall–Kier alpha value is -2.54. The van der Waals surface area contributed by atoms with E-state index in [-0.39, 0.29) is 6.04 Å². The molecule has 0 saturated carbocycles. The van der Waals surface area contributed by atoms with E-state index in [1.54, 1.807) is 0 Å². The maximum atomic E-state index is 5.51. The molecule has 1 aromatic carbocycles. The van der Waals surface area contributed by atoms with Crippen molar-refractivity contribution in [1.29, 1.82) is 0 Å². The van der Waals surface area contributed by atoms with E-state index in [1.807, 2.05) is 11.7 Å². The highest BCUT2D eigenvalue weighted by Gasteiger charge is 2.16. The molecule has 0 aliphatic carbocycles. The fraction of sp³-hybridized carbons (Fsp3) is 0.565. The number of morpholine rings is 1. The van der Waals surface area contributed by atoms with Crippen LogP contribution in [0.1, 0.15) is 36.4 Å². The average molecular weight is 413 g/mol. The number of aromatic nitrogens is 2. The highest BCUT2D eigenvalue weighted by atomic mass is 16.5. The first-order valence-corrected chi connectivity index (χ1v) is 10.9. The topological polar surface area (TPSA) is 66.7 Å². The molecule has 2 heterocycles. The first kappa shape index (κ1) is 22.2. The van der Waals surface area contributed by atoms with Crippen LogP contribution in [0.5, 0.6) is 0 Å². The van der Waals surface area contributed by atoms with Gasteiger partial charge in [-0.2, -0.15) is 5.10 Å². The molecule has 30 heavy (non-hydrogen) atoms. The van der Waals surface area contributed by atoms with Gasteiger partial charge in [-0.15, -0.1) is 0 Å². The standard InChI is InChI=1S/C23H36N6O/c1-6-24-23(26-17(2)15-21-18(3)27-28(5)19(21)4)25-16-20-9-7-8-10-22(20)29-11-13-30-14-12-29/h7-10,17H,6,11-16H2,1-5H3,(H2,24,25,26). The van der Waals surface area contributed by atoms with Crippen LogP contribution in [0.3, 0.4) is 0 Å². The van der Waals surface area contributed by atoms with Gasteiger partial charge in [0.1, 0.15) is 0 Å². The van der Waals surface area contributed by atoms with Crippen LogP contribution in [-0.4, -0.2) is 54.6 Å². The second-order valence-corrected chi connectivity index (χ2v) is 7.95. The number of nitrogens with one attached hydrogen (secondary N) is 2. The van der Waals surface area contributed by atoms with E-state index in [1.165, 1.54) is 22.5 Å². The SMILES string of the molecule is CCNC(=NCc1ccccc1N1CCOCC1)NC(C)Cc1c(C)nn(C)c1C. The second kappa shape index (κ2) is 10.5. The Labute approximate surface area is 180 Å². The summed E-state index contributed by atoms with van der Waals surface area (Å²) in [4.78, 5) is 7.28. The zero-order valence-electron chi connectivity index (χ0n) is 19.0.